The molecule has 1 aliphatic rings. The van der Waals surface area contributed by atoms with Gasteiger partial charge < -0.3 is 15.2 Å². The molecular formula is C22H18ClNO3. The van der Waals surface area contributed by atoms with Crippen molar-refractivity contribution in [2.45, 2.75) is 12.8 Å². The number of ether oxygens (including phenoxy) is 2. The van der Waals surface area contributed by atoms with Crippen molar-refractivity contribution >= 4 is 28.3 Å². The number of hydrogen-bond acceptors (Lipinski definition) is 4. The zero-order chi connectivity index (χ0) is 19.0. The molecule has 2 N–H and O–H groups in total. The van der Waals surface area contributed by atoms with Crippen molar-refractivity contribution in [1.29, 1.82) is 0 Å². The third-order valence-electron chi connectivity index (χ3n) is 4.68. The Kier molecular flexibility index (Phi) is 4.50. The summed E-state index contributed by atoms with van der Waals surface area (Å²) < 4.78 is 11.2. The average molecular weight is 380 g/mol. The van der Waals surface area contributed by atoms with Crippen LogP contribution in [0.25, 0.3) is 10.8 Å². The molecule has 4 nitrogen and oxygen atoms in total. The van der Waals surface area contributed by atoms with Gasteiger partial charge in [0.25, 0.3) is 0 Å². The van der Waals surface area contributed by atoms with Crippen molar-refractivity contribution in [3.8, 4) is 5.75 Å². The molecule has 0 bridgehead atoms. The van der Waals surface area contributed by atoms with Gasteiger partial charge in [0.15, 0.2) is 0 Å². The molecule has 0 saturated carbocycles. The second kappa shape index (κ2) is 6.97. The smallest absolute Gasteiger partial charge is 0.340 e. The predicted octanol–water partition coefficient (Wildman–Crippen LogP) is 4.75. The number of rotatable bonds is 3. The summed E-state index contributed by atoms with van der Waals surface area (Å²) in [6.45, 7) is 2.01. The second-order valence-electron chi connectivity index (χ2n) is 6.27. The molecule has 0 unspecified atom stereocenters. The number of fused-ring (bicyclic) bond motifs is 3. The van der Waals surface area contributed by atoms with E-state index in [-0.39, 0.29) is 12.5 Å². The molecule has 0 saturated heterocycles. The summed E-state index contributed by atoms with van der Waals surface area (Å²) in [4.78, 5) is 12.7. The Labute approximate surface area is 162 Å². The average Bonchev–Trinajstić information content (AvgIpc) is 2.69. The summed E-state index contributed by atoms with van der Waals surface area (Å²) in [5.74, 6) is -0.230. The zero-order valence-electron chi connectivity index (χ0n) is 14.7. The van der Waals surface area contributed by atoms with Crippen molar-refractivity contribution in [2.24, 2.45) is 5.73 Å². The van der Waals surface area contributed by atoms with Crippen molar-refractivity contribution in [3.63, 3.8) is 0 Å². The highest BCUT2D eigenvalue weighted by Crippen LogP contribution is 2.47. The van der Waals surface area contributed by atoms with E-state index in [4.69, 9.17) is 26.8 Å². The van der Waals surface area contributed by atoms with E-state index in [9.17, 15) is 4.79 Å². The number of halogens is 1. The van der Waals surface area contributed by atoms with Gasteiger partial charge in [0.05, 0.1) is 12.5 Å². The van der Waals surface area contributed by atoms with Crippen LogP contribution < -0.4 is 10.5 Å². The number of esters is 1. The molecule has 0 spiro atoms. The van der Waals surface area contributed by atoms with Crippen molar-refractivity contribution in [2.75, 3.05) is 6.61 Å². The molecule has 0 amide bonds. The standard InChI is InChI=1S/C22H18ClNO3/c1-2-26-22(25)19-18(13-8-4-3-5-9-13)16-12-17(23)14-10-6-7-11-15(14)20(16)27-21(19)24/h3-12,18H,2,24H2,1H3/t18-/m1/s1. The Morgan fingerprint density at radius 1 is 1.11 bits per heavy atom. The van der Waals surface area contributed by atoms with Gasteiger partial charge in [-0.3, -0.25) is 0 Å². The fourth-order valence-corrected chi connectivity index (χ4v) is 3.82. The van der Waals surface area contributed by atoms with Gasteiger partial charge in [-0.15, -0.1) is 0 Å². The maximum atomic E-state index is 12.7. The van der Waals surface area contributed by atoms with E-state index in [0.717, 1.165) is 21.9 Å². The highest BCUT2D eigenvalue weighted by Gasteiger charge is 2.36. The first-order valence-corrected chi connectivity index (χ1v) is 9.10. The van der Waals surface area contributed by atoms with E-state index in [1.807, 2.05) is 60.7 Å². The topological polar surface area (TPSA) is 61.5 Å². The molecule has 3 aromatic carbocycles. The van der Waals surface area contributed by atoms with Crippen molar-refractivity contribution < 1.29 is 14.3 Å². The SMILES string of the molecule is CCOC(=O)C1=C(N)Oc2c(cc(Cl)c3ccccc23)[C@H]1c1ccccc1. The number of nitrogens with two attached hydrogens (primary N) is 1. The largest absolute Gasteiger partial charge is 0.462 e. The normalized spacial score (nSPS) is 16.0. The van der Waals surface area contributed by atoms with Crippen LogP contribution in [0.2, 0.25) is 5.02 Å². The van der Waals surface area contributed by atoms with Gasteiger partial charge in [-0.25, -0.2) is 4.79 Å². The van der Waals surface area contributed by atoms with E-state index in [1.165, 1.54) is 0 Å². The minimum Gasteiger partial charge on any atom is -0.462 e. The van der Waals surface area contributed by atoms with E-state index < -0.39 is 11.9 Å². The Bertz CT molecular complexity index is 1060. The molecule has 0 aliphatic carbocycles. The summed E-state index contributed by atoms with van der Waals surface area (Å²) in [6, 6.07) is 19.2. The van der Waals surface area contributed by atoms with Crippen LogP contribution in [-0.2, 0) is 9.53 Å². The molecule has 0 aromatic heterocycles. The molecule has 1 heterocycles. The van der Waals surface area contributed by atoms with Gasteiger partial charge in [-0.05, 0) is 18.6 Å². The van der Waals surface area contributed by atoms with Crippen LogP contribution >= 0.6 is 11.6 Å². The summed E-state index contributed by atoms with van der Waals surface area (Å²) in [5, 5.41) is 2.32. The van der Waals surface area contributed by atoms with E-state index in [2.05, 4.69) is 0 Å². The lowest BCUT2D eigenvalue weighted by Crippen LogP contribution is -2.27. The van der Waals surface area contributed by atoms with Gasteiger partial charge in [0, 0.05) is 21.4 Å². The molecule has 0 fully saturated rings. The summed E-state index contributed by atoms with van der Waals surface area (Å²) in [7, 11) is 0. The van der Waals surface area contributed by atoms with Crippen LogP contribution in [-0.4, -0.2) is 12.6 Å². The second-order valence-corrected chi connectivity index (χ2v) is 6.67. The zero-order valence-corrected chi connectivity index (χ0v) is 15.5. The quantitative estimate of drug-likeness (QED) is 0.667. The summed E-state index contributed by atoms with van der Waals surface area (Å²) >= 11 is 6.55. The van der Waals surface area contributed by atoms with Crippen molar-refractivity contribution in [3.05, 3.63) is 88.3 Å². The Balaban J connectivity index is 2.01. The molecule has 27 heavy (non-hydrogen) atoms. The molecule has 4 rings (SSSR count). The first kappa shape index (κ1) is 17.4. The van der Waals surface area contributed by atoms with Gasteiger partial charge >= 0.3 is 5.97 Å². The Hall–Kier alpha value is -2.98. The van der Waals surface area contributed by atoms with Gasteiger partial charge in [0.2, 0.25) is 5.88 Å². The Morgan fingerprint density at radius 3 is 2.48 bits per heavy atom. The first-order valence-electron chi connectivity index (χ1n) is 8.72. The molecule has 5 heteroatoms. The molecular weight excluding hydrogens is 362 g/mol. The molecule has 0 radical (unpaired) electrons. The minimum atomic E-state index is -0.487. The molecule has 136 valence electrons. The fraction of sp³-hybridized carbons (Fsp3) is 0.136. The van der Waals surface area contributed by atoms with Crippen LogP contribution in [0.3, 0.4) is 0 Å². The predicted molar refractivity (Wildman–Crippen MR) is 106 cm³/mol. The highest BCUT2D eigenvalue weighted by molar-refractivity contribution is 6.36. The van der Waals surface area contributed by atoms with Crippen LogP contribution in [0, 0.1) is 0 Å². The lowest BCUT2D eigenvalue weighted by Gasteiger charge is -2.29. The van der Waals surface area contributed by atoms with Gasteiger partial charge in [-0.1, -0.05) is 66.2 Å². The summed E-state index contributed by atoms with van der Waals surface area (Å²) in [6.07, 6.45) is 0. The first-order chi connectivity index (χ1) is 13.1. The van der Waals surface area contributed by atoms with Crippen LogP contribution in [0.5, 0.6) is 5.75 Å². The van der Waals surface area contributed by atoms with Crippen LogP contribution in [0.15, 0.2) is 72.1 Å². The molecule has 3 aromatic rings. The maximum Gasteiger partial charge on any atom is 0.340 e. The van der Waals surface area contributed by atoms with E-state index in [0.29, 0.717) is 16.3 Å². The highest BCUT2D eigenvalue weighted by atomic mass is 35.5. The lowest BCUT2D eigenvalue weighted by atomic mass is 9.82. The maximum absolute atomic E-state index is 12.7. The molecule has 1 atom stereocenters. The summed E-state index contributed by atoms with van der Waals surface area (Å²) in [5.41, 5.74) is 8.21. The van der Waals surface area contributed by atoms with E-state index >= 15 is 0 Å². The van der Waals surface area contributed by atoms with Gasteiger partial charge in [0.1, 0.15) is 11.3 Å². The van der Waals surface area contributed by atoms with Crippen LogP contribution in [0.1, 0.15) is 24.0 Å². The number of benzene rings is 3. The van der Waals surface area contributed by atoms with Crippen molar-refractivity contribution in [1.82, 2.24) is 0 Å². The van der Waals surface area contributed by atoms with Crippen LogP contribution in [0.4, 0.5) is 0 Å². The lowest BCUT2D eigenvalue weighted by molar-refractivity contribution is -0.139. The third-order valence-corrected chi connectivity index (χ3v) is 4.99. The monoisotopic (exact) mass is 379 g/mol. The number of carbonyl (C=O) groups excluding carboxylic acids is 1. The van der Waals surface area contributed by atoms with E-state index in [1.54, 1.807) is 6.92 Å². The Morgan fingerprint density at radius 2 is 1.78 bits per heavy atom. The number of hydrogen-bond donors (Lipinski definition) is 1. The minimum absolute atomic E-state index is 0.0577. The fourth-order valence-electron chi connectivity index (χ4n) is 3.53. The third kappa shape index (κ3) is 2.92. The number of carbonyl (C=O) groups is 1. The van der Waals surface area contributed by atoms with Gasteiger partial charge in [-0.2, -0.15) is 0 Å². The molecule has 1 aliphatic heterocycles.